The molecule has 54 heavy (non-hydrogen) atoms. The zero-order valence-electron chi connectivity index (χ0n) is 29.5. The standard InChI is InChI=1S/C40H32N6O8/c1-51-37(47)33-13-5-9-25(41-33)17-21-29-30(22-18-26-10-6-14-34(42-26)38(48)52-2)46-32(24-20-28-12-8-16-36(44-28)40(50)54-4)31(45-29)23-19-27-11-7-15-35(43-27)39(49)53-3/h5-24H,1-4H3/b21-17+,22-18+,23-19+,24-20+. The molecule has 5 rings (SSSR count). The topological polar surface area (TPSA) is 183 Å². The predicted octanol–water partition coefficient (Wildman–Crippen LogP) is 5.88. The molecule has 14 heteroatoms. The fourth-order valence-corrected chi connectivity index (χ4v) is 4.69. The van der Waals surface area contributed by atoms with Crippen LogP contribution < -0.4 is 0 Å². The average molecular weight is 725 g/mol. The maximum Gasteiger partial charge on any atom is 0.356 e. The summed E-state index contributed by atoms with van der Waals surface area (Å²) in [6.45, 7) is 0. The molecule has 0 aliphatic heterocycles. The summed E-state index contributed by atoms with van der Waals surface area (Å²) >= 11 is 0. The number of rotatable bonds is 12. The van der Waals surface area contributed by atoms with E-state index in [-0.39, 0.29) is 22.8 Å². The van der Waals surface area contributed by atoms with Crippen molar-refractivity contribution in [3.05, 3.63) is 141 Å². The van der Waals surface area contributed by atoms with E-state index < -0.39 is 23.9 Å². The molecule has 14 nitrogen and oxygen atoms in total. The Balaban J connectivity index is 1.66. The predicted molar refractivity (Wildman–Crippen MR) is 200 cm³/mol. The lowest BCUT2D eigenvalue weighted by Crippen LogP contribution is -2.05. The number of carbonyl (C=O) groups excluding carboxylic acids is 4. The Morgan fingerprint density at radius 3 is 0.778 bits per heavy atom. The van der Waals surface area contributed by atoms with Gasteiger partial charge in [-0.2, -0.15) is 0 Å². The van der Waals surface area contributed by atoms with Crippen LogP contribution in [0.1, 0.15) is 87.5 Å². The second-order valence-electron chi connectivity index (χ2n) is 10.9. The van der Waals surface area contributed by atoms with E-state index in [0.29, 0.717) is 45.6 Å². The number of hydrogen-bond donors (Lipinski definition) is 0. The van der Waals surface area contributed by atoms with E-state index in [2.05, 4.69) is 19.9 Å². The zero-order valence-corrected chi connectivity index (χ0v) is 29.5. The van der Waals surface area contributed by atoms with E-state index in [1.807, 2.05) is 0 Å². The molecule has 0 N–H and O–H groups in total. The van der Waals surface area contributed by atoms with E-state index in [1.165, 1.54) is 52.7 Å². The van der Waals surface area contributed by atoms with Gasteiger partial charge in [0.05, 0.1) is 74.0 Å². The second-order valence-corrected chi connectivity index (χ2v) is 10.9. The summed E-state index contributed by atoms with van der Waals surface area (Å²) < 4.78 is 19.2. The van der Waals surface area contributed by atoms with Crippen LogP contribution in [0.4, 0.5) is 0 Å². The number of carbonyl (C=O) groups is 4. The van der Waals surface area contributed by atoms with Crippen LogP contribution in [0.2, 0.25) is 0 Å². The van der Waals surface area contributed by atoms with Crippen LogP contribution in [0, 0.1) is 0 Å². The van der Waals surface area contributed by atoms with Crippen molar-refractivity contribution in [3.8, 4) is 0 Å². The van der Waals surface area contributed by atoms with Crippen molar-refractivity contribution >= 4 is 72.5 Å². The van der Waals surface area contributed by atoms with Gasteiger partial charge >= 0.3 is 23.9 Å². The minimum Gasteiger partial charge on any atom is -0.464 e. The number of ether oxygens (including phenoxy) is 4. The molecular formula is C40H32N6O8. The fraction of sp³-hybridized carbons (Fsp3) is 0.100. The largest absolute Gasteiger partial charge is 0.464 e. The zero-order chi connectivity index (χ0) is 38.5. The van der Waals surface area contributed by atoms with Crippen LogP contribution in [0.3, 0.4) is 0 Å². The number of esters is 4. The summed E-state index contributed by atoms with van der Waals surface area (Å²) in [5, 5.41) is 0. The monoisotopic (exact) mass is 724 g/mol. The first-order chi connectivity index (χ1) is 26.2. The summed E-state index contributed by atoms with van der Waals surface area (Å²) in [5.74, 6) is -2.35. The van der Waals surface area contributed by atoms with Crippen molar-refractivity contribution < 1.29 is 38.1 Å². The lowest BCUT2D eigenvalue weighted by molar-refractivity contribution is 0.0585. The molecule has 0 amide bonds. The van der Waals surface area contributed by atoms with E-state index in [9.17, 15) is 19.2 Å². The third-order valence-electron chi connectivity index (χ3n) is 7.32. The highest BCUT2D eigenvalue weighted by Gasteiger charge is 2.13. The fourth-order valence-electron chi connectivity index (χ4n) is 4.69. The first kappa shape index (κ1) is 37.8. The molecule has 0 bridgehead atoms. The van der Waals surface area contributed by atoms with Crippen LogP contribution in [0.5, 0.6) is 0 Å². The first-order valence-corrected chi connectivity index (χ1v) is 16.1. The molecule has 0 aromatic carbocycles. The molecule has 0 spiro atoms. The van der Waals surface area contributed by atoms with Gasteiger partial charge in [0.25, 0.3) is 0 Å². The van der Waals surface area contributed by atoms with E-state index in [1.54, 1.807) is 97.1 Å². The van der Waals surface area contributed by atoms with Gasteiger partial charge < -0.3 is 18.9 Å². The number of hydrogen-bond acceptors (Lipinski definition) is 14. The van der Waals surface area contributed by atoms with Gasteiger partial charge in [-0.05, 0) is 97.1 Å². The highest BCUT2D eigenvalue weighted by atomic mass is 16.5. The van der Waals surface area contributed by atoms with Crippen molar-refractivity contribution in [2.24, 2.45) is 0 Å². The molecule has 0 unspecified atom stereocenters. The van der Waals surface area contributed by atoms with Crippen LogP contribution in [0.15, 0.2) is 72.8 Å². The van der Waals surface area contributed by atoms with E-state index in [0.717, 1.165) is 0 Å². The van der Waals surface area contributed by atoms with Gasteiger partial charge in [-0.3, -0.25) is 0 Å². The maximum atomic E-state index is 12.1. The highest BCUT2D eigenvalue weighted by Crippen LogP contribution is 2.20. The third-order valence-corrected chi connectivity index (χ3v) is 7.32. The van der Waals surface area contributed by atoms with E-state index >= 15 is 0 Å². The summed E-state index contributed by atoms with van der Waals surface area (Å²) in [6, 6.07) is 19.7. The normalized spacial score (nSPS) is 11.3. The van der Waals surface area contributed by atoms with Gasteiger partial charge in [0, 0.05) is 0 Å². The number of nitrogens with zero attached hydrogens (tertiary/aromatic N) is 6. The molecule has 0 fully saturated rings. The number of methoxy groups -OCH3 is 4. The summed E-state index contributed by atoms with van der Waals surface area (Å²) in [7, 11) is 5.09. The minimum absolute atomic E-state index is 0.123. The van der Waals surface area contributed by atoms with Gasteiger partial charge in [-0.15, -0.1) is 0 Å². The van der Waals surface area contributed by atoms with Gasteiger partial charge in [-0.1, -0.05) is 24.3 Å². The van der Waals surface area contributed by atoms with Crippen LogP contribution >= 0.6 is 0 Å². The Kier molecular flexibility index (Phi) is 12.7. The third kappa shape index (κ3) is 9.85. The first-order valence-electron chi connectivity index (χ1n) is 16.1. The molecule has 0 radical (unpaired) electrons. The average Bonchev–Trinajstić information content (AvgIpc) is 3.22. The molecule has 0 saturated carbocycles. The van der Waals surface area contributed by atoms with Gasteiger partial charge in [0.15, 0.2) is 0 Å². The molecule has 0 atom stereocenters. The quantitative estimate of drug-likeness (QED) is 0.110. The summed E-state index contributed by atoms with van der Waals surface area (Å²) in [6.07, 6.45) is 13.4. The van der Waals surface area contributed by atoms with Gasteiger partial charge in [-0.25, -0.2) is 49.1 Å². The molecule has 5 aromatic rings. The van der Waals surface area contributed by atoms with Crippen molar-refractivity contribution in [3.63, 3.8) is 0 Å². The van der Waals surface area contributed by atoms with E-state index in [4.69, 9.17) is 28.9 Å². The van der Waals surface area contributed by atoms with Crippen LogP contribution in [-0.2, 0) is 18.9 Å². The molecular weight excluding hydrogens is 692 g/mol. The van der Waals surface area contributed by atoms with Crippen molar-refractivity contribution in [1.29, 1.82) is 0 Å². The smallest absolute Gasteiger partial charge is 0.356 e. The molecule has 5 heterocycles. The number of aromatic nitrogens is 6. The maximum absolute atomic E-state index is 12.1. The Morgan fingerprint density at radius 2 is 0.574 bits per heavy atom. The molecule has 270 valence electrons. The van der Waals surface area contributed by atoms with Crippen molar-refractivity contribution in [2.75, 3.05) is 28.4 Å². The number of pyridine rings is 4. The lowest BCUT2D eigenvalue weighted by atomic mass is 10.1. The summed E-state index contributed by atoms with van der Waals surface area (Å²) in [5.41, 5.74) is 3.84. The Labute approximate surface area is 309 Å². The Bertz CT molecular complexity index is 2010. The van der Waals surface area contributed by atoms with Crippen molar-refractivity contribution in [1.82, 2.24) is 29.9 Å². The lowest BCUT2D eigenvalue weighted by Gasteiger charge is -2.08. The van der Waals surface area contributed by atoms with Crippen molar-refractivity contribution in [2.45, 2.75) is 0 Å². The van der Waals surface area contributed by atoms with Crippen LogP contribution in [-0.4, -0.2) is 82.2 Å². The molecule has 5 aromatic heterocycles. The molecule has 0 aliphatic rings. The molecule has 0 saturated heterocycles. The SMILES string of the molecule is COC(=O)c1cccc(/C=C/c2nc(/C=C/c3cccc(C(=O)OC)n3)c(/C=C/c3cccc(C(=O)OC)n3)nc2/C=C/c2cccc(C(=O)OC)n2)n1. The minimum atomic E-state index is -0.588. The molecule has 0 aliphatic carbocycles. The highest BCUT2D eigenvalue weighted by molar-refractivity contribution is 5.90. The van der Waals surface area contributed by atoms with Gasteiger partial charge in [0.1, 0.15) is 22.8 Å². The van der Waals surface area contributed by atoms with Crippen LogP contribution in [0.25, 0.3) is 48.6 Å². The van der Waals surface area contributed by atoms with Gasteiger partial charge in [0.2, 0.25) is 0 Å². The summed E-state index contributed by atoms with van der Waals surface area (Å²) in [4.78, 5) is 75.8. The second kappa shape index (κ2) is 18.1. The Hall–Kier alpha value is -7.48. The Morgan fingerprint density at radius 1 is 0.352 bits per heavy atom.